The fourth-order valence-electron chi connectivity index (χ4n) is 4.10. The number of benzene rings is 2. The SMILES string of the molecule is CC(CC(C)c1ccc(F)cc1)NC(=NC1CCC(F)(F)CC1)NC(=O)c1cccc(C#N)c1. The minimum atomic E-state index is -2.67. The van der Waals surface area contributed by atoms with Gasteiger partial charge in [-0.2, -0.15) is 5.26 Å². The van der Waals surface area contributed by atoms with E-state index in [0.717, 1.165) is 5.56 Å². The molecule has 0 saturated heterocycles. The maximum Gasteiger partial charge on any atom is 0.257 e. The van der Waals surface area contributed by atoms with Crippen molar-refractivity contribution in [3.05, 3.63) is 71.0 Å². The number of carbonyl (C=O) groups excluding carboxylic acids is 1. The smallest absolute Gasteiger partial charge is 0.257 e. The average molecular weight is 471 g/mol. The van der Waals surface area contributed by atoms with E-state index < -0.39 is 11.8 Å². The number of rotatable bonds is 6. The van der Waals surface area contributed by atoms with Gasteiger partial charge in [-0.25, -0.2) is 18.2 Å². The third-order valence-corrected chi connectivity index (χ3v) is 6.01. The van der Waals surface area contributed by atoms with E-state index in [4.69, 9.17) is 5.26 Å². The highest BCUT2D eigenvalue weighted by Crippen LogP contribution is 2.34. The van der Waals surface area contributed by atoms with Crippen molar-refractivity contribution in [1.29, 1.82) is 5.26 Å². The van der Waals surface area contributed by atoms with Crippen molar-refractivity contribution in [2.75, 3.05) is 0 Å². The van der Waals surface area contributed by atoms with Gasteiger partial charge in [0, 0.05) is 24.4 Å². The van der Waals surface area contributed by atoms with E-state index in [1.807, 2.05) is 19.9 Å². The number of nitrogens with one attached hydrogen (secondary N) is 2. The number of amides is 1. The summed E-state index contributed by atoms with van der Waals surface area (Å²) in [6, 6.07) is 14.2. The molecule has 8 heteroatoms. The van der Waals surface area contributed by atoms with Crippen LogP contribution in [-0.4, -0.2) is 29.9 Å². The normalized spacial score (nSPS) is 17.9. The molecule has 2 aromatic carbocycles. The van der Waals surface area contributed by atoms with Crippen molar-refractivity contribution in [1.82, 2.24) is 10.6 Å². The standard InChI is InChI=1S/C26H29F3N4O/c1-17(20-6-8-22(27)9-7-20)14-18(2)31-25(32-23-10-12-26(28,29)13-11-23)33-24(34)21-5-3-4-19(15-21)16-30/h3-9,15,17-18,23H,10-14H2,1-2H3,(H2,31,32,33,34). The van der Waals surface area contributed by atoms with Crippen LogP contribution in [0.4, 0.5) is 13.2 Å². The summed E-state index contributed by atoms with van der Waals surface area (Å²) in [4.78, 5) is 17.4. The van der Waals surface area contributed by atoms with E-state index in [9.17, 15) is 18.0 Å². The van der Waals surface area contributed by atoms with Gasteiger partial charge in [0.25, 0.3) is 5.91 Å². The quantitative estimate of drug-likeness (QED) is 0.430. The highest BCUT2D eigenvalue weighted by Gasteiger charge is 2.35. The van der Waals surface area contributed by atoms with Crippen molar-refractivity contribution >= 4 is 11.9 Å². The second-order valence-electron chi connectivity index (χ2n) is 8.95. The van der Waals surface area contributed by atoms with Gasteiger partial charge in [0.15, 0.2) is 5.96 Å². The molecular weight excluding hydrogens is 441 g/mol. The van der Waals surface area contributed by atoms with Crippen LogP contribution in [0, 0.1) is 17.1 Å². The van der Waals surface area contributed by atoms with Crippen LogP contribution in [0.15, 0.2) is 53.5 Å². The molecule has 0 spiro atoms. The van der Waals surface area contributed by atoms with E-state index in [-0.39, 0.29) is 55.5 Å². The lowest BCUT2D eigenvalue weighted by molar-refractivity contribution is -0.0374. The molecule has 2 aromatic rings. The zero-order chi connectivity index (χ0) is 24.7. The molecular formula is C26H29F3N4O. The Morgan fingerprint density at radius 2 is 1.85 bits per heavy atom. The lowest BCUT2D eigenvalue weighted by Gasteiger charge is -2.27. The van der Waals surface area contributed by atoms with Gasteiger partial charge in [-0.05, 0) is 68.0 Å². The largest absolute Gasteiger partial charge is 0.354 e. The number of hydrogen-bond donors (Lipinski definition) is 2. The van der Waals surface area contributed by atoms with Crippen molar-refractivity contribution in [2.45, 2.75) is 69.9 Å². The number of aliphatic imine (C=N–C) groups is 1. The molecule has 1 fully saturated rings. The van der Waals surface area contributed by atoms with Gasteiger partial charge in [-0.1, -0.05) is 25.1 Å². The van der Waals surface area contributed by atoms with Crippen LogP contribution < -0.4 is 10.6 Å². The highest BCUT2D eigenvalue weighted by atomic mass is 19.3. The zero-order valence-electron chi connectivity index (χ0n) is 19.3. The van der Waals surface area contributed by atoms with Gasteiger partial charge in [0.2, 0.25) is 5.92 Å². The summed E-state index contributed by atoms with van der Waals surface area (Å²) < 4.78 is 40.4. The van der Waals surface area contributed by atoms with E-state index in [1.54, 1.807) is 30.3 Å². The van der Waals surface area contributed by atoms with Crippen LogP contribution in [0.3, 0.4) is 0 Å². The third kappa shape index (κ3) is 7.34. The number of guanidine groups is 1. The number of nitrogens with zero attached hydrogens (tertiary/aromatic N) is 2. The lowest BCUT2D eigenvalue weighted by atomic mass is 9.93. The molecule has 5 nitrogen and oxygen atoms in total. The average Bonchev–Trinajstić information content (AvgIpc) is 2.80. The summed E-state index contributed by atoms with van der Waals surface area (Å²) in [5.41, 5.74) is 1.64. The summed E-state index contributed by atoms with van der Waals surface area (Å²) >= 11 is 0. The monoisotopic (exact) mass is 470 g/mol. The molecule has 2 N–H and O–H groups in total. The molecule has 0 aliphatic heterocycles. The molecule has 0 heterocycles. The van der Waals surface area contributed by atoms with Gasteiger partial charge < -0.3 is 5.32 Å². The van der Waals surface area contributed by atoms with Crippen LogP contribution in [0.1, 0.15) is 73.4 Å². The highest BCUT2D eigenvalue weighted by molar-refractivity contribution is 6.06. The van der Waals surface area contributed by atoms with Crippen molar-refractivity contribution in [3.8, 4) is 6.07 Å². The molecule has 2 atom stereocenters. The Labute approximate surface area is 198 Å². The summed E-state index contributed by atoms with van der Waals surface area (Å²) in [6.45, 7) is 3.96. The number of hydrogen-bond acceptors (Lipinski definition) is 3. The number of alkyl halides is 2. The molecule has 180 valence electrons. The van der Waals surface area contributed by atoms with Crippen LogP contribution in [0.2, 0.25) is 0 Å². The first-order valence-corrected chi connectivity index (χ1v) is 11.4. The van der Waals surface area contributed by atoms with Gasteiger partial charge >= 0.3 is 0 Å². The summed E-state index contributed by atoms with van der Waals surface area (Å²) in [7, 11) is 0. The fraction of sp³-hybridized carbons (Fsp3) is 0.423. The van der Waals surface area contributed by atoms with Gasteiger partial charge in [0.05, 0.1) is 17.7 Å². The minimum absolute atomic E-state index is 0.112. The molecule has 0 radical (unpaired) electrons. The molecule has 1 saturated carbocycles. The Hall–Kier alpha value is -3.34. The predicted octanol–water partition coefficient (Wildman–Crippen LogP) is 5.53. The molecule has 1 aliphatic carbocycles. The first-order valence-electron chi connectivity index (χ1n) is 11.4. The van der Waals surface area contributed by atoms with Crippen molar-refractivity contribution in [3.63, 3.8) is 0 Å². The van der Waals surface area contributed by atoms with E-state index >= 15 is 0 Å². The maximum absolute atomic E-state index is 13.6. The molecule has 34 heavy (non-hydrogen) atoms. The Morgan fingerprint density at radius 1 is 1.18 bits per heavy atom. The Bertz CT molecular complexity index is 1050. The first-order chi connectivity index (χ1) is 16.1. The topological polar surface area (TPSA) is 77.3 Å². The summed E-state index contributed by atoms with van der Waals surface area (Å²) in [6.07, 6.45) is 0.678. The Kier molecular flexibility index (Phi) is 8.32. The second kappa shape index (κ2) is 11.2. The van der Waals surface area contributed by atoms with Crippen LogP contribution in [0.25, 0.3) is 0 Å². The predicted molar refractivity (Wildman–Crippen MR) is 125 cm³/mol. The van der Waals surface area contributed by atoms with Crippen LogP contribution >= 0.6 is 0 Å². The van der Waals surface area contributed by atoms with Gasteiger partial charge in [-0.15, -0.1) is 0 Å². The van der Waals surface area contributed by atoms with Crippen LogP contribution in [-0.2, 0) is 0 Å². The molecule has 1 aliphatic rings. The number of carbonyl (C=O) groups is 1. The minimum Gasteiger partial charge on any atom is -0.354 e. The summed E-state index contributed by atoms with van der Waals surface area (Å²) in [5.74, 6) is -3.07. The Balaban J connectivity index is 1.72. The summed E-state index contributed by atoms with van der Waals surface area (Å²) in [5, 5.41) is 15.1. The zero-order valence-corrected chi connectivity index (χ0v) is 19.3. The first kappa shape index (κ1) is 25.3. The van der Waals surface area contributed by atoms with Crippen LogP contribution in [0.5, 0.6) is 0 Å². The fourth-order valence-corrected chi connectivity index (χ4v) is 4.10. The second-order valence-corrected chi connectivity index (χ2v) is 8.95. The van der Waals surface area contributed by atoms with Gasteiger partial charge in [0.1, 0.15) is 5.82 Å². The van der Waals surface area contributed by atoms with Gasteiger partial charge in [-0.3, -0.25) is 10.1 Å². The third-order valence-electron chi connectivity index (χ3n) is 6.01. The molecule has 2 unspecified atom stereocenters. The van der Waals surface area contributed by atoms with Crippen molar-refractivity contribution in [2.24, 2.45) is 4.99 Å². The maximum atomic E-state index is 13.6. The van der Waals surface area contributed by atoms with E-state index in [0.29, 0.717) is 17.5 Å². The molecule has 1 amide bonds. The molecule has 3 rings (SSSR count). The number of nitriles is 1. The van der Waals surface area contributed by atoms with E-state index in [2.05, 4.69) is 15.6 Å². The number of halogens is 3. The van der Waals surface area contributed by atoms with E-state index in [1.165, 1.54) is 18.2 Å². The molecule has 0 bridgehead atoms. The Morgan fingerprint density at radius 3 is 2.50 bits per heavy atom. The van der Waals surface area contributed by atoms with Crippen molar-refractivity contribution < 1.29 is 18.0 Å². The lowest BCUT2D eigenvalue weighted by Crippen LogP contribution is -2.46. The molecule has 0 aromatic heterocycles.